The number of anilines is 2. The number of nitrogens with one attached hydrogen (secondary N) is 1. The van der Waals surface area contributed by atoms with Crippen LogP contribution in [0, 0.1) is 5.82 Å². The lowest BCUT2D eigenvalue weighted by molar-refractivity contribution is -0.116. The van der Waals surface area contributed by atoms with Crippen molar-refractivity contribution in [2.75, 3.05) is 11.1 Å². The zero-order chi connectivity index (χ0) is 21.5. The monoisotopic (exact) mass is 409 g/mol. The van der Waals surface area contributed by atoms with Gasteiger partial charge in [-0.05, 0) is 49.2 Å². The number of nitrogen functional groups attached to an aromatic ring is 1. The maximum absolute atomic E-state index is 14.3. The Labute approximate surface area is 171 Å². The molecule has 10 heteroatoms. The summed E-state index contributed by atoms with van der Waals surface area (Å²) in [5, 5.41) is 20.7. The second-order valence-electron chi connectivity index (χ2n) is 7.42. The van der Waals surface area contributed by atoms with E-state index < -0.39 is 17.3 Å². The van der Waals surface area contributed by atoms with Crippen molar-refractivity contribution >= 4 is 23.2 Å². The van der Waals surface area contributed by atoms with Gasteiger partial charge in [-0.25, -0.2) is 8.91 Å². The van der Waals surface area contributed by atoms with Crippen molar-refractivity contribution in [1.29, 1.82) is 0 Å². The van der Waals surface area contributed by atoms with Gasteiger partial charge >= 0.3 is 0 Å². The predicted molar refractivity (Wildman–Crippen MR) is 109 cm³/mol. The molecular formula is C20H20FN7O2. The first-order valence-electron chi connectivity index (χ1n) is 9.16. The fourth-order valence-electron chi connectivity index (χ4n) is 3.01. The summed E-state index contributed by atoms with van der Waals surface area (Å²) in [6.45, 7) is 3.03. The Kier molecular flexibility index (Phi) is 4.70. The fourth-order valence-corrected chi connectivity index (χ4v) is 3.01. The predicted octanol–water partition coefficient (Wildman–Crippen LogP) is 2.18. The van der Waals surface area contributed by atoms with Gasteiger partial charge in [0.05, 0.1) is 17.5 Å². The molecule has 4 aromatic rings. The highest BCUT2D eigenvalue weighted by atomic mass is 19.1. The van der Waals surface area contributed by atoms with Gasteiger partial charge < -0.3 is 16.2 Å². The zero-order valence-corrected chi connectivity index (χ0v) is 16.4. The number of nitrogens with zero attached hydrogens (tertiary/aromatic N) is 5. The summed E-state index contributed by atoms with van der Waals surface area (Å²) in [5.74, 6) is -0.868. The maximum atomic E-state index is 14.3. The Bertz CT molecular complexity index is 1240. The van der Waals surface area contributed by atoms with Gasteiger partial charge in [-0.2, -0.15) is 10.1 Å². The Morgan fingerprint density at radius 1 is 1.27 bits per heavy atom. The van der Waals surface area contributed by atoms with E-state index in [2.05, 4.69) is 20.5 Å². The molecule has 4 N–H and O–H groups in total. The van der Waals surface area contributed by atoms with Crippen LogP contribution in [0.15, 0.2) is 48.9 Å². The van der Waals surface area contributed by atoms with Crippen LogP contribution in [-0.2, 0) is 16.9 Å². The van der Waals surface area contributed by atoms with Crippen molar-refractivity contribution in [1.82, 2.24) is 24.4 Å². The van der Waals surface area contributed by atoms with Crippen LogP contribution in [0.4, 0.5) is 16.0 Å². The van der Waals surface area contributed by atoms with E-state index in [1.165, 1.54) is 16.8 Å². The summed E-state index contributed by atoms with van der Waals surface area (Å²) in [6.07, 6.45) is 5.06. The molecule has 9 nitrogen and oxygen atoms in total. The molecule has 30 heavy (non-hydrogen) atoms. The van der Waals surface area contributed by atoms with Crippen LogP contribution in [0.5, 0.6) is 0 Å². The van der Waals surface area contributed by atoms with Gasteiger partial charge in [-0.3, -0.25) is 9.48 Å². The van der Waals surface area contributed by atoms with Gasteiger partial charge in [-0.1, -0.05) is 6.07 Å². The third kappa shape index (κ3) is 3.98. The number of benzene rings is 1. The first-order valence-corrected chi connectivity index (χ1v) is 9.16. The van der Waals surface area contributed by atoms with Crippen molar-refractivity contribution < 1.29 is 14.3 Å². The molecular weight excluding hydrogens is 389 g/mol. The normalized spacial score (nSPS) is 11.7. The summed E-state index contributed by atoms with van der Waals surface area (Å²) in [4.78, 5) is 16.4. The van der Waals surface area contributed by atoms with Crippen LogP contribution in [0.25, 0.3) is 16.8 Å². The van der Waals surface area contributed by atoms with Gasteiger partial charge in [0.1, 0.15) is 12.4 Å². The number of aliphatic hydroxyl groups is 1. The van der Waals surface area contributed by atoms with Crippen molar-refractivity contribution in [3.05, 3.63) is 60.3 Å². The minimum absolute atomic E-state index is 0.0372. The number of nitrogens with two attached hydrogens (primary N) is 1. The van der Waals surface area contributed by atoms with Crippen LogP contribution in [-0.4, -0.2) is 35.4 Å². The van der Waals surface area contributed by atoms with E-state index in [1.807, 2.05) is 12.1 Å². The minimum Gasteiger partial charge on any atom is -0.386 e. The Morgan fingerprint density at radius 3 is 2.80 bits per heavy atom. The second kappa shape index (κ2) is 7.23. The minimum atomic E-state index is -1.17. The number of rotatable bonds is 5. The molecule has 3 heterocycles. The average molecular weight is 409 g/mol. The first kappa shape index (κ1) is 19.5. The van der Waals surface area contributed by atoms with Crippen molar-refractivity contribution in [3.8, 4) is 11.1 Å². The van der Waals surface area contributed by atoms with E-state index in [9.17, 15) is 14.3 Å². The summed E-state index contributed by atoms with van der Waals surface area (Å²) >= 11 is 0. The average Bonchev–Trinajstić information content (AvgIpc) is 3.27. The number of carbonyl (C=O) groups is 1. The van der Waals surface area contributed by atoms with Crippen LogP contribution < -0.4 is 11.1 Å². The molecule has 0 unspecified atom stereocenters. The topological polar surface area (TPSA) is 123 Å². The fraction of sp³-hybridized carbons (Fsp3) is 0.200. The summed E-state index contributed by atoms with van der Waals surface area (Å²) in [7, 11) is 0. The number of fused-ring (bicyclic) bond motifs is 1. The van der Waals surface area contributed by atoms with Gasteiger partial charge in [0.15, 0.2) is 5.65 Å². The Hall–Kier alpha value is -3.79. The molecule has 1 amide bonds. The van der Waals surface area contributed by atoms with Gasteiger partial charge in [0.25, 0.3) is 0 Å². The maximum Gasteiger partial charge on any atom is 0.246 e. The molecule has 0 bridgehead atoms. The SMILES string of the molecule is CC(C)(O)c1ccc(NC(=O)Cn2cc(-c3ccn4nc(N)nc4c3)cn2)c(F)c1. The van der Waals surface area contributed by atoms with Crippen LogP contribution >= 0.6 is 0 Å². The summed E-state index contributed by atoms with van der Waals surface area (Å²) in [6, 6.07) is 7.84. The van der Waals surface area contributed by atoms with E-state index in [1.54, 1.807) is 43.0 Å². The van der Waals surface area contributed by atoms with E-state index in [0.29, 0.717) is 11.2 Å². The van der Waals surface area contributed by atoms with E-state index in [4.69, 9.17) is 5.73 Å². The molecule has 0 saturated carbocycles. The third-order valence-corrected chi connectivity index (χ3v) is 4.58. The number of hydrogen-bond donors (Lipinski definition) is 3. The standard InChI is InChI=1S/C20H20FN7O2/c1-20(2,30)14-3-4-16(15(21)8-14)24-18(29)11-27-10-13(9-23-27)12-5-6-28-17(7-12)25-19(22)26-28/h3-10,30H,11H2,1-2H3,(H2,22,26)(H,24,29). The van der Waals surface area contributed by atoms with Crippen molar-refractivity contribution in [3.63, 3.8) is 0 Å². The Morgan fingerprint density at radius 2 is 2.07 bits per heavy atom. The van der Waals surface area contributed by atoms with Crippen LogP contribution in [0.2, 0.25) is 0 Å². The van der Waals surface area contributed by atoms with Gasteiger partial charge in [0, 0.05) is 18.0 Å². The molecule has 0 spiro atoms. The highest BCUT2D eigenvalue weighted by Crippen LogP contribution is 2.24. The van der Waals surface area contributed by atoms with Crippen LogP contribution in [0.1, 0.15) is 19.4 Å². The quantitative estimate of drug-likeness (QED) is 0.464. The van der Waals surface area contributed by atoms with E-state index in [0.717, 1.165) is 11.1 Å². The molecule has 0 radical (unpaired) electrons. The van der Waals surface area contributed by atoms with Crippen LogP contribution in [0.3, 0.4) is 0 Å². The van der Waals surface area contributed by atoms with E-state index >= 15 is 0 Å². The molecule has 1 aromatic carbocycles. The molecule has 0 fully saturated rings. The molecule has 154 valence electrons. The largest absolute Gasteiger partial charge is 0.386 e. The number of amides is 1. The van der Waals surface area contributed by atoms with E-state index in [-0.39, 0.29) is 18.2 Å². The van der Waals surface area contributed by atoms with Gasteiger partial charge in [-0.15, -0.1) is 5.10 Å². The van der Waals surface area contributed by atoms with Crippen molar-refractivity contribution in [2.24, 2.45) is 0 Å². The number of pyridine rings is 1. The zero-order valence-electron chi connectivity index (χ0n) is 16.4. The molecule has 0 saturated heterocycles. The highest BCUT2D eigenvalue weighted by molar-refractivity contribution is 5.90. The summed E-state index contributed by atoms with van der Waals surface area (Å²) in [5.41, 5.74) is 7.11. The van der Waals surface area contributed by atoms with Gasteiger partial charge in [0.2, 0.25) is 11.9 Å². The lowest BCUT2D eigenvalue weighted by Crippen LogP contribution is -2.20. The highest BCUT2D eigenvalue weighted by Gasteiger charge is 2.18. The second-order valence-corrected chi connectivity index (χ2v) is 7.42. The number of halogens is 1. The molecule has 0 atom stereocenters. The number of aromatic nitrogens is 5. The summed E-state index contributed by atoms with van der Waals surface area (Å²) < 4.78 is 17.3. The molecule has 4 rings (SSSR count). The number of hydrogen-bond acceptors (Lipinski definition) is 6. The first-order chi connectivity index (χ1) is 14.2. The molecule has 0 aliphatic rings. The third-order valence-electron chi connectivity index (χ3n) is 4.58. The number of carbonyl (C=O) groups excluding carboxylic acids is 1. The Balaban J connectivity index is 1.46. The van der Waals surface area contributed by atoms with Crippen molar-refractivity contribution in [2.45, 2.75) is 26.0 Å². The molecule has 3 aromatic heterocycles. The molecule has 0 aliphatic heterocycles. The lowest BCUT2D eigenvalue weighted by atomic mass is 9.98. The smallest absolute Gasteiger partial charge is 0.246 e. The lowest BCUT2D eigenvalue weighted by Gasteiger charge is -2.18. The molecule has 0 aliphatic carbocycles.